The summed E-state index contributed by atoms with van der Waals surface area (Å²) >= 11 is 1.35. The number of hydrogen-bond donors (Lipinski definition) is 1. The number of amides is 1. The molecule has 122 valence electrons. The Morgan fingerprint density at radius 3 is 2.48 bits per heavy atom. The van der Waals surface area contributed by atoms with Gasteiger partial charge in [-0.25, -0.2) is 4.99 Å². The summed E-state index contributed by atoms with van der Waals surface area (Å²) in [4.78, 5) is 18.7. The van der Waals surface area contributed by atoms with Gasteiger partial charge in [0.25, 0.3) is 5.91 Å². The molecule has 1 aromatic carbocycles. The quantitative estimate of drug-likeness (QED) is 0.389. The van der Waals surface area contributed by atoms with Gasteiger partial charge in [0.05, 0.1) is 17.9 Å². The van der Waals surface area contributed by atoms with Gasteiger partial charge in [0, 0.05) is 18.7 Å². The minimum atomic E-state index is 0.00256. The van der Waals surface area contributed by atoms with Crippen LogP contribution in [-0.4, -0.2) is 47.5 Å². The highest BCUT2D eigenvalue weighted by Gasteiger charge is 2.26. The molecule has 0 radical (unpaired) electrons. The van der Waals surface area contributed by atoms with E-state index in [4.69, 9.17) is 10.00 Å². The zero-order valence-corrected chi connectivity index (χ0v) is 14.3. The summed E-state index contributed by atoms with van der Waals surface area (Å²) in [6.45, 7) is 5.15. The van der Waals surface area contributed by atoms with Crippen LogP contribution in [0.15, 0.2) is 29.3 Å². The van der Waals surface area contributed by atoms with Crippen LogP contribution in [0.2, 0.25) is 0 Å². The van der Waals surface area contributed by atoms with E-state index in [0.29, 0.717) is 29.5 Å². The van der Waals surface area contributed by atoms with E-state index < -0.39 is 0 Å². The van der Waals surface area contributed by atoms with Crippen molar-refractivity contribution in [1.29, 1.82) is 5.26 Å². The maximum absolute atomic E-state index is 12.6. The monoisotopic (exact) mass is 332 g/mol. The number of aliphatic imine (C=N–C) groups is 1. The van der Waals surface area contributed by atoms with Crippen LogP contribution in [0.3, 0.4) is 0 Å². The van der Waals surface area contributed by atoms with Gasteiger partial charge in [-0.2, -0.15) is 5.26 Å². The summed E-state index contributed by atoms with van der Waals surface area (Å²) < 4.78 is 5.65. The molecule has 1 aromatic rings. The van der Waals surface area contributed by atoms with Crippen molar-refractivity contribution in [2.45, 2.75) is 26.1 Å². The summed E-state index contributed by atoms with van der Waals surface area (Å²) in [6.07, 6.45) is 3.78. The first-order valence-corrected chi connectivity index (χ1v) is 8.58. The van der Waals surface area contributed by atoms with E-state index in [1.807, 2.05) is 31.2 Å². The number of thioether (sulfide) groups is 1. The molecule has 1 aliphatic heterocycles. The number of hydrogen-bond acceptors (Lipinski definition) is 5. The number of nitriles is 1. The van der Waals surface area contributed by atoms with Crippen molar-refractivity contribution in [2.24, 2.45) is 4.99 Å². The smallest absolute Gasteiger partial charge is 0.254 e. The van der Waals surface area contributed by atoms with E-state index in [0.717, 1.165) is 0 Å². The van der Waals surface area contributed by atoms with Gasteiger partial charge in [0.15, 0.2) is 11.4 Å². The van der Waals surface area contributed by atoms with Crippen LogP contribution in [0.4, 0.5) is 5.69 Å². The topological polar surface area (TPSA) is 77.7 Å². The maximum atomic E-state index is 12.6. The second kappa shape index (κ2) is 7.99. The fourth-order valence-electron chi connectivity index (χ4n) is 2.49. The molecule has 1 heterocycles. The predicted molar refractivity (Wildman–Crippen MR) is 91.7 cm³/mol. The average molecular weight is 332 g/mol. The number of ether oxygens (including phenoxy) is 1. The molecule has 0 aromatic heterocycles. The molecule has 1 fully saturated rings. The minimum absolute atomic E-state index is 0.00256. The highest BCUT2D eigenvalue weighted by Crippen LogP contribution is 2.18. The number of morpholine rings is 1. The highest BCUT2D eigenvalue weighted by molar-refractivity contribution is 8.13. The highest BCUT2D eigenvalue weighted by atomic mass is 32.2. The third-order valence-electron chi connectivity index (χ3n) is 3.41. The summed E-state index contributed by atoms with van der Waals surface area (Å²) in [7, 11) is 0. The molecule has 0 saturated carbocycles. The van der Waals surface area contributed by atoms with Gasteiger partial charge in [0.1, 0.15) is 0 Å². The molecular weight excluding hydrogens is 312 g/mol. The van der Waals surface area contributed by atoms with Crippen molar-refractivity contribution in [2.75, 3.05) is 19.3 Å². The Hall–Kier alpha value is -2.04. The molecular formula is C16H20N4O2S. The Bertz CT molecular complexity index is 614. The van der Waals surface area contributed by atoms with Gasteiger partial charge < -0.3 is 9.64 Å². The summed E-state index contributed by atoms with van der Waals surface area (Å²) in [5.41, 5.74) is 1.32. The molecule has 2 unspecified atom stereocenters. The van der Waals surface area contributed by atoms with E-state index in [2.05, 4.69) is 10.3 Å². The molecule has 2 rings (SSSR count). The number of rotatable bonds is 2. The standard InChI is InChI=1S/C16H20N4O2S/c1-11-8-20(9-12(2)22-11)15(21)13-4-6-14(7-5-13)19-16(23-3)18-10-17/h4-7,11-12H,8-9H2,1-3H3,(H,18,19). The third-order valence-corrected chi connectivity index (χ3v) is 3.99. The number of benzene rings is 1. The van der Waals surface area contributed by atoms with Crippen LogP contribution in [0, 0.1) is 11.5 Å². The minimum Gasteiger partial charge on any atom is -0.372 e. The molecule has 1 saturated heterocycles. The van der Waals surface area contributed by atoms with Gasteiger partial charge in [0.2, 0.25) is 0 Å². The Balaban J connectivity index is 2.10. The van der Waals surface area contributed by atoms with E-state index in [1.165, 1.54) is 11.8 Å². The predicted octanol–water partition coefficient (Wildman–Crippen LogP) is 2.36. The van der Waals surface area contributed by atoms with Crippen LogP contribution < -0.4 is 5.32 Å². The van der Waals surface area contributed by atoms with Gasteiger partial charge in [-0.1, -0.05) is 11.8 Å². The molecule has 1 amide bonds. The zero-order valence-electron chi connectivity index (χ0n) is 13.4. The molecule has 0 bridgehead atoms. The van der Waals surface area contributed by atoms with E-state index in [-0.39, 0.29) is 18.1 Å². The fourth-order valence-corrected chi connectivity index (χ4v) is 2.84. The largest absolute Gasteiger partial charge is 0.372 e. The van der Waals surface area contributed by atoms with Crippen LogP contribution in [0.1, 0.15) is 24.2 Å². The second-order valence-electron chi connectivity index (χ2n) is 5.37. The number of amidine groups is 1. The lowest BCUT2D eigenvalue weighted by molar-refractivity contribution is -0.0586. The average Bonchev–Trinajstić information content (AvgIpc) is 2.53. The summed E-state index contributed by atoms with van der Waals surface area (Å²) in [6, 6.07) is 7.07. The molecule has 1 aliphatic rings. The first-order valence-electron chi connectivity index (χ1n) is 7.36. The van der Waals surface area contributed by atoms with E-state index in [1.54, 1.807) is 24.3 Å². The lowest BCUT2D eigenvalue weighted by atomic mass is 10.1. The van der Waals surface area contributed by atoms with Crippen molar-refractivity contribution >= 4 is 28.5 Å². The van der Waals surface area contributed by atoms with E-state index in [9.17, 15) is 4.79 Å². The first kappa shape index (κ1) is 17.3. The summed E-state index contributed by atoms with van der Waals surface area (Å²) in [5, 5.41) is 11.7. The molecule has 2 atom stereocenters. The van der Waals surface area contributed by atoms with Gasteiger partial charge in [-0.3, -0.25) is 10.1 Å². The lowest BCUT2D eigenvalue weighted by Gasteiger charge is -2.35. The van der Waals surface area contributed by atoms with Crippen molar-refractivity contribution in [1.82, 2.24) is 10.2 Å². The van der Waals surface area contributed by atoms with Crippen molar-refractivity contribution in [3.05, 3.63) is 29.8 Å². The SMILES string of the molecule is CSC(=Nc1ccc(C(=O)N2CC(C)OC(C)C2)cc1)NC#N. The molecule has 0 spiro atoms. The Labute approximate surface area is 140 Å². The molecule has 23 heavy (non-hydrogen) atoms. The number of nitrogens with zero attached hydrogens (tertiary/aromatic N) is 3. The summed E-state index contributed by atoms with van der Waals surface area (Å²) in [5.74, 6) is 0.00256. The van der Waals surface area contributed by atoms with Crippen molar-refractivity contribution < 1.29 is 9.53 Å². The number of carbonyl (C=O) groups is 1. The van der Waals surface area contributed by atoms with Crippen LogP contribution in [0.5, 0.6) is 0 Å². The lowest BCUT2D eigenvalue weighted by Crippen LogP contribution is -2.48. The molecule has 6 nitrogen and oxygen atoms in total. The Morgan fingerprint density at radius 1 is 1.35 bits per heavy atom. The Morgan fingerprint density at radius 2 is 1.96 bits per heavy atom. The second-order valence-corrected chi connectivity index (χ2v) is 6.17. The van der Waals surface area contributed by atoms with Crippen LogP contribution >= 0.6 is 11.8 Å². The maximum Gasteiger partial charge on any atom is 0.254 e. The molecule has 1 N–H and O–H groups in total. The molecule has 0 aliphatic carbocycles. The van der Waals surface area contributed by atoms with Gasteiger partial charge in [-0.15, -0.1) is 0 Å². The van der Waals surface area contributed by atoms with E-state index >= 15 is 0 Å². The van der Waals surface area contributed by atoms with Crippen molar-refractivity contribution in [3.63, 3.8) is 0 Å². The Kier molecular flexibility index (Phi) is 6.02. The number of carbonyl (C=O) groups excluding carboxylic acids is 1. The number of nitrogens with one attached hydrogen (secondary N) is 1. The third kappa shape index (κ3) is 4.71. The van der Waals surface area contributed by atoms with Crippen molar-refractivity contribution in [3.8, 4) is 6.19 Å². The van der Waals surface area contributed by atoms with Gasteiger partial charge in [-0.05, 0) is 44.4 Å². The molecule has 7 heteroatoms. The van der Waals surface area contributed by atoms with Gasteiger partial charge >= 0.3 is 0 Å². The zero-order chi connectivity index (χ0) is 16.8. The first-order chi connectivity index (χ1) is 11.0. The van der Waals surface area contributed by atoms with Crippen LogP contribution in [-0.2, 0) is 4.74 Å². The normalized spacial score (nSPS) is 21.7. The van der Waals surface area contributed by atoms with Crippen LogP contribution in [0.25, 0.3) is 0 Å². The fraction of sp³-hybridized carbons (Fsp3) is 0.438.